The van der Waals surface area contributed by atoms with Crippen molar-refractivity contribution < 1.29 is 9.47 Å². The number of para-hydroxylation sites is 1. The fraction of sp³-hybridized carbons (Fsp3) is 0.400. The topological polar surface area (TPSA) is 18.5 Å². The zero-order chi connectivity index (χ0) is 9.68. The summed E-state index contributed by atoms with van der Waals surface area (Å²) in [6.45, 7) is 0. The number of hydrogen-bond acceptors (Lipinski definition) is 2. The molecule has 1 unspecified atom stereocenters. The third kappa shape index (κ3) is 2.41. The summed E-state index contributed by atoms with van der Waals surface area (Å²) >= 11 is 1.74. The van der Waals surface area contributed by atoms with E-state index in [4.69, 9.17) is 9.47 Å². The minimum atomic E-state index is 0.820. The normalized spacial score (nSPS) is 9.77. The number of methoxy groups -OCH3 is 2. The van der Waals surface area contributed by atoms with Crippen LogP contribution >= 0.6 is 0 Å². The van der Waals surface area contributed by atoms with Gasteiger partial charge >= 0.3 is 87.4 Å². The van der Waals surface area contributed by atoms with Crippen LogP contribution < -0.4 is 9.47 Å². The predicted octanol–water partition coefficient (Wildman–Crippen LogP) is 1.30. The van der Waals surface area contributed by atoms with E-state index < -0.39 is 0 Å². The van der Waals surface area contributed by atoms with E-state index in [2.05, 4.69) is 6.07 Å². The first-order valence-electron chi connectivity index (χ1n) is 4.23. The van der Waals surface area contributed by atoms with E-state index >= 15 is 0 Å². The standard InChI is InChI=1S/C10H15AsO2/c1-12-9-5-3-4-8(6-7-11)10(9)13-2/h3-5H,6-7,11H2,1-2H3. The molecule has 2 nitrogen and oxygen atoms in total. The summed E-state index contributed by atoms with van der Waals surface area (Å²) in [6.07, 6.45) is 1.06. The third-order valence-electron chi connectivity index (χ3n) is 1.90. The second-order valence-electron chi connectivity index (χ2n) is 2.69. The van der Waals surface area contributed by atoms with Crippen molar-refractivity contribution in [3.05, 3.63) is 23.8 Å². The molecule has 1 aromatic carbocycles. The zero-order valence-corrected chi connectivity index (χ0v) is 10.5. The molecule has 0 spiro atoms. The van der Waals surface area contributed by atoms with Crippen molar-refractivity contribution >= 4 is 16.9 Å². The van der Waals surface area contributed by atoms with E-state index in [9.17, 15) is 0 Å². The third-order valence-corrected chi connectivity index (χ3v) is 2.50. The monoisotopic (exact) mass is 242 g/mol. The quantitative estimate of drug-likeness (QED) is 0.741. The summed E-state index contributed by atoms with van der Waals surface area (Å²) < 4.78 is 10.5. The van der Waals surface area contributed by atoms with Crippen LogP contribution in [-0.4, -0.2) is 31.1 Å². The Bertz CT molecular complexity index is 274. The van der Waals surface area contributed by atoms with E-state index in [0.717, 1.165) is 17.9 Å². The average Bonchev–Trinajstić information content (AvgIpc) is 2.18. The van der Waals surface area contributed by atoms with Crippen LogP contribution in [0.15, 0.2) is 18.2 Å². The molecule has 0 aliphatic rings. The van der Waals surface area contributed by atoms with Crippen molar-refractivity contribution in [1.82, 2.24) is 0 Å². The molecule has 0 fully saturated rings. The molecule has 1 atom stereocenters. The van der Waals surface area contributed by atoms with Crippen molar-refractivity contribution in [2.75, 3.05) is 14.2 Å². The van der Waals surface area contributed by atoms with Crippen LogP contribution in [0, 0.1) is 0 Å². The van der Waals surface area contributed by atoms with Gasteiger partial charge in [-0.1, -0.05) is 0 Å². The molecule has 0 amide bonds. The maximum atomic E-state index is 5.30. The number of ether oxygens (including phenoxy) is 2. The van der Waals surface area contributed by atoms with Crippen LogP contribution in [0.3, 0.4) is 0 Å². The van der Waals surface area contributed by atoms with Crippen molar-refractivity contribution in [2.45, 2.75) is 11.6 Å². The van der Waals surface area contributed by atoms with Crippen molar-refractivity contribution in [1.29, 1.82) is 0 Å². The van der Waals surface area contributed by atoms with Gasteiger partial charge in [-0.25, -0.2) is 0 Å². The van der Waals surface area contributed by atoms with Crippen LogP contribution in [0.2, 0.25) is 5.21 Å². The summed E-state index contributed by atoms with van der Waals surface area (Å²) in [5.41, 5.74) is 1.23. The Morgan fingerprint density at radius 2 is 2.00 bits per heavy atom. The fourth-order valence-electron chi connectivity index (χ4n) is 1.31. The molecule has 0 aromatic heterocycles. The molecule has 0 N–H and O–H groups in total. The number of rotatable bonds is 4. The summed E-state index contributed by atoms with van der Waals surface area (Å²) in [4.78, 5) is 0. The molecule has 0 radical (unpaired) electrons. The summed E-state index contributed by atoms with van der Waals surface area (Å²) in [6, 6.07) is 6.00. The van der Waals surface area contributed by atoms with Crippen LogP contribution in [0.25, 0.3) is 0 Å². The molecule has 13 heavy (non-hydrogen) atoms. The van der Waals surface area contributed by atoms with Crippen molar-refractivity contribution in [3.8, 4) is 11.5 Å². The van der Waals surface area contributed by atoms with E-state index in [1.807, 2.05) is 12.1 Å². The molecular weight excluding hydrogens is 227 g/mol. The summed E-state index contributed by atoms with van der Waals surface area (Å²) in [7, 11) is 3.35. The predicted molar refractivity (Wildman–Crippen MR) is 56.6 cm³/mol. The number of hydrogen-bond donors (Lipinski definition) is 0. The molecule has 0 saturated carbocycles. The van der Waals surface area contributed by atoms with Crippen molar-refractivity contribution in [3.63, 3.8) is 0 Å². The van der Waals surface area contributed by atoms with E-state index in [0.29, 0.717) is 0 Å². The minimum absolute atomic E-state index is 0.820. The summed E-state index contributed by atoms with van der Waals surface area (Å²) in [5.74, 6) is 1.70. The van der Waals surface area contributed by atoms with Crippen LogP contribution in [0.1, 0.15) is 5.56 Å². The van der Waals surface area contributed by atoms with E-state index in [1.165, 1.54) is 10.8 Å². The number of benzene rings is 1. The Hall–Kier alpha value is -0.622. The molecule has 0 aliphatic carbocycles. The molecule has 72 valence electrons. The molecule has 0 heterocycles. The van der Waals surface area contributed by atoms with Gasteiger partial charge in [0.05, 0.1) is 0 Å². The number of aryl methyl sites for hydroxylation is 1. The molecule has 0 bridgehead atoms. The van der Waals surface area contributed by atoms with Gasteiger partial charge in [-0.15, -0.1) is 0 Å². The van der Waals surface area contributed by atoms with Gasteiger partial charge in [-0.2, -0.15) is 0 Å². The molecule has 0 aliphatic heterocycles. The molecule has 0 saturated heterocycles. The van der Waals surface area contributed by atoms with Crippen molar-refractivity contribution in [2.24, 2.45) is 0 Å². The van der Waals surface area contributed by atoms with E-state index in [-0.39, 0.29) is 0 Å². The van der Waals surface area contributed by atoms with Gasteiger partial charge in [-0.3, -0.25) is 0 Å². The van der Waals surface area contributed by atoms with Gasteiger partial charge in [0.2, 0.25) is 0 Å². The van der Waals surface area contributed by atoms with Crippen LogP contribution in [-0.2, 0) is 6.42 Å². The average molecular weight is 242 g/mol. The van der Waals surface area contributed by atoms with Gasteiger partial charge in [0.25, 0.3) is 0 Å². The Morgan fingerprint density at radius 3 is 2.54 bits per heavy atom. The fourth-order valence-corrected chi connectivity index (χ4v) is 1.96. The Labute approximate surface area is 87.7 Å². The molecule has 1 aromatic rings. The Kier molecular flexibility index (Phi) is 4.17. The first-order chi connectivity index (χ1) is 6.33. The maximum absolute atomic E-state index is 5.30. The first kappa shape index (κ1) is 10.5. The van der Waals surface area contributed by atoms with Crippen LogP contribution in [0.5, 0.6) is 11.5 Å². The second-order valence-corrected chi connectivity index (χ2v) is 3.90. The molecule has 3 heteroatoms. The van der Waals surface area contributed by atoms with E-state index in [1.54, 1.807) is 31.1 Å². The Morgan fingerprint density at radius 1 is 1.23 bits per heavy atom. The van der Waals surface area contributed by atoms with Gasteiger partial charge < -0.3 is 0 Å². The SMILES string of the molecule is COc1cccc(CC[AsH2])c1OC. The van der Waals surface area contributed by atoms with Gasteiger partial charge in [0.15, 0.2) is 0 Å². The van der Waals surface area contributed by atoms with Gasteiger partial charge in [0.1, 0.15) is 0 Å². The van der Waals surface area contributed by atoms with Gasteiger partial charge in [-0.05, 0) is 0 Å². The zero-order valence-electron chi connectivity index (χ0n) is 8.04. The first-order valence-corrected chi connectivity index (χ1v) is 5.94. The molecule has 1 rings (SSSR count). The molecular formula is C10H15AsO2. The second kappa shape index (κ2) is 5.18. The summed E-state index contributed by atoms with van der Waals surface area (Å²) in [5, 5.41) is 1.18. The van der Waals surface area contributed by atoms with Crippen LogP contribution in [0.4, 0.5) is 0 Å². The van der Waals surface area contributed by atoms with Gasteiger partial charge in [0, 0.05) is 0 Å². The Balaban J connectivity index is 3.03.